The fraction of sp³-hybridized carbons (Fsp3) is 0.875. The van der Waals surface area contributed by atoms with E-state index in [-0.39, 0.29) is 29.6 Å². The normalized spacial score (nSPS) is 26.0. The second kappa shape index (κ2) is 6.44. The summed E-state index contributed by atoms with van der Waals surface area (Å²) < 4.78 is 5.86. The molecule has 22 heavy (non-hydrogen) atoms. The molecule has 0 saturated carbocycles. The van der Waals surface area contributed by atoms with Gasteiger partial charge in [-0.2, -0.15) is 0 Å². The first kappa shape index (κ1) is 17.1. The van der Waals surface area contributed by atoms with Crippen molar-refractivity contribution >= 4 is 11.9 Å². The van der Waals surface area contributed by atoms with Crippen LogP contribution in [0.2, 0.25) is 0 Å². The van der Waals surface area contributed by atoms with Gasteiger partial charge in [0.2, 0.25) is 5.91 Å². The second-order valence-corrected chi connectivity index (χ2v) is 7.35. The Bertz CT molecular complexity index is 428. The number of hydrogen-bond acceptors (Lipinski definition) is 3. The van der Waals surface area contributed by atoms with Gasteiger partial charge < -0.3 is 19.4 Å². The van der Waals surface area contributed by atoms with Crippen LogP contribution in [-0.2, 0) is 9.53 Å². The molecule has 2 rings (SSSR count). The largest absolute Gasteiger partial charge is 0.369 e. The number of urea groups is 1. The third-order valence-electron chi connectivity index (χ3n) is 4.38. The summed E-state index contributed by atoms with van der Waals surface area (Å²) in [7, 11) is 3.52. The fourth-order valence-electron chi connectivity index (χ4n) is 3.48. The molecule has 0 bridgehead atoms. The van der Waals surface area contributed by atoms with Crippen LogP contribution in [0.1, 0.15) is 33.6 Å². The van der Waals surface area contributed by atoms with Gasteiger partial charge in [0, 0.05) is 46.2 Å². The van der Waals surface area contributed by atoms with Crippen LogP contribution in [-0.4, -0.2) is 78.6 Å². The number of hydrogen-bond donors (Lipinski definition) is 0. The summed E-state index contributed by atoms with van der Waals surface area (Å²) in [5.74, 6) is 0.257. The maximum Gasteiger partial charge on any atom is 0.319 e. The Labute approximate surface area is 133 Å². The Morgan fingerprint density at radius 1 is 1.14 bits per heavy atom. The van der Waals surface area contributed by atoms with Crippen LogP contribution in [0.3, 0.4) is 0 Å². The predicted molar refractivity (Wildman–Crippen MR) is 84.6 cm³/mol. The van der Waals surface area contributed by atoms with Crippen LogP contribution < -0.4 is 0 Å². The van der Waals surface area contributed by atoms with Crippen LogP contribution >= 0.6 is 0 Å². The molecule has 0 radical (unpaired) electrons. The highest BCUT2D eigenvalue weighted by molar-refractivity contribution is 5.80. The van der Waals surface area contributed by atoms with Gasteiger partial charge in [-0.15, -0.1) is 0 Å². The molecule has 3 amide bonds. The standard InChI is InChI=1S/C16H29N3O3/c1-12-10-19(11-16(2,3)22-12)14(20)13-6-8-18(9-7-13)15(21)17(4)5/h12-13H,6-11H2,1-5H3. The lowest BCUT2D eigenvalue weighted by atomic mass is 9.94. The minimum Gasteiger partial charge on any atom is -0.369 e. The number of morpholine rings is 1. The van der Waals surface area contributed by atoms with E-state index < -0.39 is 0 Å². The molecule has 6 heteroatoms. The molecular formula is C16H29N3O3. The Kier molecular flexibility index (Phi) is 5.00. The Hall–Kier alpha value is -1.30. The molecule has 0 spiro atoms. The van der Waals surface area contributed by atoms with Gasteiger partial charge >= 0.3 is 6.03 Å². The maximum atomic E-state index is 12.8. The van der Waals surface area contributed by atoms with Gasteiger partial charge in [-0.05, 0) is 33.6 Å². The molecule has 126 valence electrons. The number of piperidine rings is 1. The second-order valence-electron chi connectivity index (χ2n) is 7.35. The zero-order chi connectivity index (χ0) is 16.5. The highest BCUT2D eigenvalue weighted by Gasteiger charge is 2.37. The Morgan fingerprint density at radius 2 is 1.73 bits per heavy atom. The van der Waals surface area contributed by atoms with Crippen molar-refractivity contribution in [3.05, 3.63) is 0 Å². The van der Waals surface area contributed by atoms with E-state index >= 15 is 0 Å². The van der Waals surface area contributed by atoms with E-state index in [2.05, 4.69) is 0 Å². The summed E-state index contributed by atoms with van der Waals surface area (Å²) >= 11 is 0. The van der Waals surface area contributed by atoms with Gasteiger partial charge in [-0.3, -0.25) is 4.79 Å². The van der Waals surface area contributed by atoms with Gasteiger partial charge in [0.15, 0.2) is 0 Å². The first-order valence-electron chi connectivity index (χ1n) is 8.12. The van der Waals surface area contributed by atoms with Crippen LogP contribution in [0.5, 0.6) is 0 Å². The Morgan fingerprint density at radius 3 is 2.23 bits per heavy atom. The minimum atomic E-state index is -0.283. The number of carbonyl (C=O) groups excluding carboxylic acids is 2. The zero-order valence-corrected chi connectivity index (χ0v) is 14.5. The number of likely N-dealkylation sites (tertiary alicyclic amines) is 1. The highest BCUT2D eigenvalue weighted by atomic mass is 16.5. The molecule has 0 aromatic carbocycles. The lowest BCUT2D eigenvalue weighted by molar-refractivity contribution is -0.162. The molecule has 2 aliphatic rings. The van der Waals surface area contributed by atoms with Crippen LogP contribution in [0.25, 0.3) is 0 Å². The molecule has 2 saturated heterocycles. The van der Waals surface area contributed by atoms with Crippen molar-refractivity contribution in [3.63, 3.8) is 0 Å². The first-order chi connectivity index (χ1) is 10.2. The van der Waals surface area contributed by atoms with E-state index in [1.165, 1.54) is 0 Å². The van der Waals surface area contributed by atoms with Crippen molar-refractivity contribution in [1.82, 2.24) is 14.7 Å². The average molecular weight is 311 g/mol. The van der Waals surface area contributed by atoms with Gasteiger partial charge in [-0.25, -0.2) is 4.79 Å². The zero-order valence-electron chi connectivity index (χ0n) is 14.5. The van der Waals surface area contributed by atoms with E-state index in [9.17, 15) is 9.59 Å². The topological polar surface area (TPSA) is 53.1 Å². The average Bonchev–Trinajstić information content (AvgIpc) is 2.43. The number of carbonyl (C=O) groups is 2. The van der Waals surface area contributed by atoms with Crippen LogP contribution in [0.4, 0.5) is 4.79 Å². The lowest BCUT2D eigenvalue weighted by Gasteiger charge is -2.43. The molecule has 0 aromatic rings. The molecule has 1 unspecified atom stereocenters. The molecule has 0 N–H and O–H groups in total. The molecule has 2 fully saturated rings. The van der Waals surface area contributed by atoms with Gasteiger partial charge in [-0.1, -0.05) is 0 Å². The molecule has 2 heterocycles. The third-order valence-corrected chi connectivity index (χ3v) is 4.38. The molecule has 0 aliphatic carbocycles. The number of rotatable bonds is 1. The quantitative estimate of drug-likeness (QED) is 0.736. The van der Waals surface area contributed by atoms with Crippen molar-refractivity contribution in [2.24, 2.45) is 5.92 Å². The van der Waals surface area contributed by atoms with Gasteiger partial charge in [0.05, 0.1) is 11.7 Å². The van der Waals surface area contributed by atoms with E-state index in [0.717, 1.165) is 12.8 Å². The number of nitrogens with zero attached hydrogens (tertiary/aromatic N) is 3. The van der Waals surface area contributed by atoms with Crippen LogP contribution in [0.15, 0.2) is 0 Å². The third kappa shape index (κ3) is 3.91. The summed E-state index contributed by atoms with van der Waals surface area (Å²) in [5.41, 5.74) is -0.283. The Balaban J connectivity index is 1.91. The molecular weight excluding hydrogens is 282 g/mol. The molecule has 1 atom stereocenters. The van der Waals surface area contributed by atoms with E-state index in [4.69, 9.17) is 4.74 Å². The molecule has 2 aliphatic heterocycles. The summed E-state index contributed by atoms with van der Waals surface area (Å²) in [4.78, 5) is 30.1. The first-order valence-corrected chi connectivity index (χ1v) is 8.12. The molecule has 0 aromatic heterocycles. The number of amides is 3. The number of ether oxygens (including phenoxy) is 1. The summed E-state index contributed by atoms with van der Waals surface area (Å²) in [6.07, 6.45) is 1.58. The minimum absolute atomic E-state index is 0.0343. The maximum absolute atomic E-state index is 12.8. The van der Waals surface area contributed by atoms with Gasteiger partial charge in [0.1, 0.15) is 0 Å². The van der Waals surface area contributed by atoms with Crippen molar-refractivity contribution in [2.75, 3.05) is 40.3 Å². The van der Waals surface area contributed by atoms with E-state index in [1.54, 1.807) is 19.0 Å². The summed E-state index contributed by atoms with van der Waals surface area (Å²) in [6, 6.07) is 0.0343. The predicted octanol–water partition coefficient (Wildman–Crippen LogP) is 1.41. The van der Waals surface area contributed by atoms with Crippen molar-refractivity contribution in [2.45, 2.75) is 45.3 Å². The van der Waals surface area contributed by atoms with Crippen LogP contribution in [0, 0.1) is 5.92 Å². The molecule has 6 nitrogen and oxygen atoms in total. The highest BCUT2D eigenvalue weighted by Crippen LogP contribution is 2.26. The van der Waals surface area contributed by atoms with Crippen molar-refractivity contribution in [1.29, 1.82) is 0 Å². The smallest absolute Gasteiger partial charge is 0.319 e. The van der Waals surface area contributed by atoms with Crippen molar-refractivity contribution < 1.29 is 14.3 Å². The van der Waals surface area contributed by atoms with Crippen molar-refractivity contribution in [3.8, 4) is 0 Å². The monoisotopic (exact) mass is 311 g/mol. The summed E-state index contributed by atoms with van der Waals surface area (Å²) in [5, 5.41) is 0. The summed E-state index contributed by atoms with van der Waals surface area (Å²) in [6.45, 7) is 8.71. The fourth-order valence-corrected chi connectivity index (χ4v) is 3.48. The lowest BCUT2D eigenvalue weighted by Crippen LogP contribution is -2.56. The SMILES string of the molecule is CC1CN(C(=O)C2CCN(C(=O)N(C)C)CC2)CC(C)(C)O1. The van der Waals surface area contributed by atoms with Gasteiger partial charge in [0.25, 0.3) is 0 Å². The van der Waals surface area contributed by atoms with E-state index in [0.29, 0.717) is 26.2 Å². The van der Waals surface area contributed by atoms with E-state index in [1.807, 2.05) is 30.6 Å².